The van der Waals surface area contributed by atoms with Gasteiger partial charge >= 0.3 is 0 Å². The molecule has 0 aromatic carbocycles. The van der Waals surface area contributed by atoms with Crippen molar-refractivity contribution >= 4 is 0 Å². The molecule has 0 spiro atoms. The summed E-state index contributed by atoms with van der Waals surface area (Å²) in [5.41, 5.74) is 0. The molecule has 1 heterocycles. The Morgan fingerprint density at radius 3 is 2.58 bits per heavy atom. The molecule has 1 aromatic heterocycles. The second kappa shape index (κ2) is 8.31. The lowest BCUT2D eigenvalue weighted by molar-refractivity contribution is 0.392. The van der Waals surface area contributed by atoms with Crippen LogP contribution in [-0.4, -0.2) is 27.4 Å². The number of aromatic nitrogens is 3. The maximum absolute atomic E-state index is 4.44. The maximum Gasteiger partial charge on any atom is 0.138 e. The molecule has 0 fully saturated rings. The fraction of sp³-hybridized carbons (Fsp3) is 0.867. The Morgan fingerprint density at radius 1 is 1.26 bits per heavy atom. The summed E-state index contributed by atoms with van der Waals surface area (Å²) in [5, 5.41) is 7.90. The van der Waals surface area contributed by atoms with Crippen LogP contribution >= 0.6 is 0 Å². The summed E-state index contributed by atoms with van der Waals surface area (Å²) in [7, 11) is 0. The molecular formula is C15H30N4. The van der Waals surface area contributed by atoms with Crippen molar-refractivity contribution in [2.75, 3.05) is 6.54 Å². The molecule has 0 saturated carbocycles. The van der Waals surface area contributed by atoms with E-state index in [1.165, 1.54) is 12.8 Å². The minimum atomic E-state index is 0.549. The summed E-state index contributed by atoms with van der Waals surface area (Å²) in [5.74, 6) is 2.40. The van der Waals surface area contributed by atoms with Crippen LogP contribution in [0.15, 0.2) is 6.33 Å². The molecule has 1 aromatic rings. The molecular weight excluding hydrogens is 236 g/mol. The maximum atomic E-state index is 4.44. The van der Waals surface area contributed by atoms with E-state index in [0.29, 0.717) is 17.9 Å². The normalized spacial score (nSPS) is 13.4. The van der Waals surface area contributed by atoms with Crippen molar-refractivity contribution in [3.8, 4) is 0 Å². The number of hydrogen-bond donors (Lipinski definition) is 1. The van der Waals surface area contributed by atoms with Gasteiger partial charge in [-0.3, -0.25) is 0 Å². The highest BCUT2D eigenvalue weighted by Gasteiger charge is 2.14. The van der Waals surface area contributed by atoms with Crippen LogP contribution in [0.2, 0.25) is 0 Å². The largest absolute Gasteiger partial charge is 0.314 e. The topological polar surface area (TPSA) is 42.7 Å². The molecule has 110 valence electrons. The molecule has 0 aliphatic heterocycles. The highest BCUT2D eigenvalue weighted by molar-refractivity contribution is 4.88. The Hall–Kier alpha value is -0.900. The van der Waals surface area contributed by atoms with E-state index in [2.05, 4.69) is 54.7 Å². The number of hydrogen-bond acceptors (Lipinski definition) is 3. The Balaban J connectivity index is 2.59. The van der Waals surface area contributed by atoms with Gasteiger partial charge in [0.25, 0.3) is 0 Å². The minimum absolute atomic E-state index is 0.549. The lowest BCUT2D eigenvalue weighted by atomic mass is 9.99. The summed E-state index contributed by atoms with van der Waals surface area (Å²) < 4.78 is 2.07. The van der Waals surface area contributed by atoms with E-state index in [4.69, 9.17) is 0 Å². The van der Waals surface area contributed by atoms with Gasteiger partial charge in [0.05, 0.1) is 0 Å². The van der Waals surface area contributed by atoms with Crippen molar-refractivity contribution in [3.63, 3.8) is 0 Å². The van der Waals surface area contributed by atoms with Crippen LogP contribution in [-0.2, 0) is 13.0 Å². The van der Waals surface area contributed by atoms with Gasteiger partial charge in [-0.1, -0.05) is 41.0 Å². The molecule has 0 saturated heterocycles. The Kier molecular flexibility index (Phi) is 7.06. The molecule has 19 heavy (non-hydrogen) atoms. The fourth-order valence-corrected chi connectivity index (χ4v) is 2.29. The summed E-state index contributed by atoms with van der Waals surface area (Å²) in [4.78, 5) is 4.44. The first-order valence-electron chi connectivity index (χ1n) is 7.63. The van der Waals surface area contributed by atoms with Crippen LogP contribution in [0, 0.1) is 11.8 Å². The van der Waals surface area contributed by atoms with Crippen LogP contribution in [0.25, 0.3) is 0 Å². The Bertz CT molecular complexity index is 344. The summed E-state index contributed by atoms with van der Waals surface area (Å²) in [6.07, 6.45) is 5.19. The van der Waals surface area contributed by atoms with E-state index in [-0.39, 0.29) is 0 Å². The highest BCUT2D eigenvalue weighted by atomic mass is 15.3. The minimum Gasteiger partial charge on any atom is -0.314 e. The lowest BCUT2D eigenvalue weighted by Crippen LogP contribution is -2.30. The van der Waals surface area contributed by atoms with Gasteiger partial charge in [0.15, 0.2) is 0 Å². The molecule has 0 radical (unpaired) electrons. The highest BCUT2D eigenvalue weighted by Crippen LogP contribution is 2.13. The van der Waals surface area contributed by atoms with Gasteiger partial charge in [-0.2, -0.15) is 5.10 Å². The zero-order valence-electron chi connectivity index (χ0n) is 13.2. The summed E-state index contributed by atoms with van der Waals surface area (Å²) in [6.45, 7) is 13.1. The molecule has 0 aliphatic carbocycles. The predicted octanol–water partition coefficient (Wildman–Crippen LogP) is 2.89. The zero-order valence-corrected chi connectivity index (χ0v) is 13.2. The predicted molar refractivity (Wildman–Crippen MR) is 80.1 cm³/mol. The fourth-order valence-electron chi connectivity index (χ4n) is 2.29. The van der Waals surface area contributed by atoms with Crippen molar-refractivity contribution in [2.45, 2.75) is 66.5 Å². The van der Waals surface area contributed by atoms with Crippen LogP contribution in [0.5, 0.6) is 0 Å². The quantitative estimate of drug-likeness (QED) is 0.747. The van der Waals surface area contributed by atoms with Crippen molar-refractivity contribution in [2.24, 2.45) is 11.8 Å². The van der Waals surface area contributed by atoms with E-state index in [1.807, 2.05) is 0 Å². The third-order valence-corrected chi connectivity index (χ3v) is 3.22. The standard InChI is InChI=1S/C15H30N4/c1-6-7-14(9-16-13(4)5)8-15-17-11-18-19(15)10-12(2)3/h11-14,16H,6-10H2,1-5H3. The number of nitrogens with one attached hydrogen (secondary N) is 1. The van der Waals surface area contributed by atoms with Gasteiger partial charge < -0.3 is 5.32 Å². The summed E-state index contributed by atoms with van der Waals surface area (Å²) >= 11 is 0. The first-order chi connectivity index (χ1) is 9.02. The third kappa shape index (κ3) is 6.19. The van der Waals surface area contributed by atoms with Gasteiger partial charge in [0, 0.05) is 19.0 Å². The molecule has 4 heteroatoms. The van der Waals surface area contributed by atoms with Gasteiger partial charge in [0.1, 0.15) is 12.2 Å². The van der Waals surface area contributed by atoms with E-state index in [1.54, 1.807) is 6.33 Å². The SMILES string of the molecule is CCCC(CNC(C)C)Cc1ncnn1CC(C)C. The van der Waals surface area contributed by atoms with Crippen molar-refractivity contribution in [1.82, 2.24) is 20.1 Å². The zero-order chi connectivity index (χ0) is 14.3. The second-order valence-electron chi connectivity index (χ2n) is 6.17. The van der Waals surface area contributed by atoms with E-state index in [0.717, 1.165) is 25.3 Å². The van der Waals surface area contributed by atoms with Crippen molar-refractivity contribution < 1.29 is 0 Å². The molecule has 0 amide bonds. The first-order valence-corrected chi connectivity index (χ1v) is 7.63. The monoisotopic (exact) mass is 266 g/mol. The first kappa shape index (κ1) is 16.2. The molecule has 1 rings (SSSR count). The van der Waals surface area contributed by atoms with Crippen LogP contribution in [0.3, 0.4) is 0 Å². The van der Waals surface area contributed by atoms with Crippen LogP contribution in [0.4, 0.5) is 0 Å². The molecule has 1 atom stereocenters. The molecule has 0 bridgehead atoms. The van der Waals surface area contributed by atoms with Crippen molar-refractivity contribution in [1.29, 1.82) is 0 Å². The van der Waals surface area contributed by atoms with Gasteiger partial charge in [0.2, 0.25) is 0 Å². The average molecular weight is 266 g/mol. The van der Waals surface area contributed by atoms with Gasteiger partial charge in [-0.15, -0.1) is 0 Å². The van der Waals surface area contributed by atoms with Crippen LogP contribution in [0.1, 0.15) is 53.3 Å². The van der Waals surface area contributed by atoms with Gasteiger partial charge in [-0.25, -0.2) is 9.67 Å². The second-order valence-corrected chi connectivity index (χ2v) is 6.17. The Labute approximate surface area is 118 Å². The van der Waals surface area contributed by atoms with E-state index < -0.39 is 0 Å². The van der Waals surface area contributed by atoms with Crippen molar-refractivity contribution in [3.05, 3.63) is 12.2 Å². The molecule has 1 N–H and O–H groups in total. The van der Waals surface area contributed by atoms with E-state index >= 15 is 0 Å². The van der Waals surface area contributed by atoms with Gasteiger partial charge in [-0.05, 0) is 24.8 Å². The molecule has 4 nitrogen and oxygen atoms in total. The van der Waals surface area contributed by atoms with E-state index in [9.17, 15) is 0 Å². The average Bonchev–Trinajstić information content (AvgIpc) is 2.73. The Morgan fingerprint density at radius 2 is 2.00 bits per heavy atom. The molecule has 1 unspecified atom stereocenters. The lowest BCUT2D eigenvalue weighted by Gasteiger charge is -2.19. The summed E-state index contributed by atoms with van der Waals surface area (Å²) in [6, 6.07) is 0.549. The van der Waals surface area contributed by atoms with Crippen LogP contribution < -0.4 is 5.32 Å². The number of nitrogens with zero attached hydrogens (tertiary/aromatic N) is 3. The molecule has 0 aliphatic rings. The smallest absolute Gasteiger partial charge is 0.138 e. The number of rotatable bonds is 9. The third-order valence-electron chi connectivity index (χ3n) is 3.22.